The van der Waals surface area contributed by atoms with Crippen molar-refractivity contribution in [2.24, 2.45) is 0 Å². The molecule has 0 atom stereocenters. The fourth-order valence-corrected chi connectivity index (χ4v) is 1.95. The minimum absolute atomic E-state index is 0.0290. The van der Waals surface area contributed by atoms with Crippen LogP contribution in [0.25, 0.3) is 5.65 Å². The van der Waals surface area contributed by atoms with Gasteiger partial charge in [-0.2, -0.15) is 5.10 Å². The first-order valence-electron chi connectivity index (χ1n) is 4.40. The lowest BCUT2D eigenvalue weighted by atomic mass is 10.2. The molecule has 0 aromatic carbocycles. The van der Waals surface area contributed by atoms with Gasteiger partial charge in [-0.25, -0.2) is 4.52 Å². The fraction of sp³-hybridized carbons (Fsp3) is 0.333. The molecule has 2 aromatic rings. The molecule has 0 aliphatic carbocycles. The first kappa shape index (κ1) is 9.45. The molecule has 5 heteroatoms. The predicted octanol–water partition coefficient (Wildman–Crippen LogP) is 1.66. The highest BCUT2D eigenvalue weighted by molar-refractivity contribution is 9.10. The maximum Gasteiger partial charge on any atom is 0.254 e. The number of fused-ring (bicyclic) bond motifs is 1. The number of halogens is 1. The highest BCUT2D eigenvalue weighted by atomic mass is 79.9. The molecule has 74 valence electrons. The Balaban J connectivity index is 2.95. The van der Waals surface area contributed by atoms with E-state index in [2.05, 4.69) is 26.0 Å². The SMILES string of the molecule is CCc1c(C)n2ncc(Br)c2[nH]c1=O. The van der Waals surface area contributed by atoms with Crippen molar-refractivity contribution in [2.45, 2.75) is 20.3 Å². The lowest BCUT2D eigenvalue weighted by Gasteiger charge is -2.04. The summed E-state index contributed by atoms with van der Waals surface area (Å²) in [5.74, 6) is 0. The fourth-order valence-electron chi connectivity index (χ4n) is 1.59. The zero-order valence-electron chi connectivity index (χ0n) is 7.97. The molecule has 0 saturated heterocycles. The van der Waals surface area contributed by atoms with Gasteiger partial charge >= 0.3 is 0 Å². The summed E-state index contributed by atoms with van der Waals surface area (Å²) >= 11 is 3.33. The predicted molar refractivity (Wildman–Crippen MR) is 57.6 cm³/mol. The zero-order chi connectivity index (χ0) is 10.3. The molecular weight excluding hydrogens is 246 g/mol. The van der Waals surface area contributed by atoms with Gasteiger partial charge < -0.3 is 4.98 Å². The van der Waals surface area contributed by atoms with Crippen LogP contribution < -0.4 is 5.56 Å². The second-order valence-electron chi connectivity index (χ2n) is 3.12. The van der Waals surface area contributed by atoms with Crippen LogP contribution in [-0.4, -0.2) is 14.6 Å². The van der Waals surface area contributed by atoms with Gasteiger partial charge in [0.25, 0.3) is 5.56 Å². The Labute approximate surface area is 89.1 Å². The highest BCUT2D eigenvalue weighted by Gasteiger charge is 2.09. The van der Waals surface area contributed by atoms with Crippen molar-refractivity contribution in [3.05, 3.63) is 32.3 Å². The molecule has 0 radical (unpaired) electrons. The van der Waals surface area contributed by atoms with Crippen LogP contribution in [0.15, 0.2) is 15.5 Å². The quantitative estimate of drug-likeness (QED) is 0.843. The minimum Gasteiger partial charge on any atom is -0.306 e. The number of rotatable bonds is 1. The van der Waals surface area contributed by atoms with Crippen LogP contribution in [-0.2, 0) is 6.42 Å². The molecule has 0 aliphatic rings. The van der Waals surface area contributed by atoms with Crippen molar-refractivity contribution in [1.29, 1.82) is 0 Å². The second-order valence-corrected chi connectivity index (χ2v) is 3.98. The van der Waals surface area contributed by atoms with Crippen LogP contribution in [0.2, 0.25) is 0 Å². The lowest BCUT2D eigenvalue weighted by Crippen LogP contribution is -2.17. The maximum absolute atomic E-state index is 11.6. The summed E-state index contributed by atoms with van der Waals surface area (Å²) in [4.78, 5) is 14.4. The van der Waals surface area contributed by atoms with Crippen molar-refractivity contribution in [1.82, 2.24) is 14.6 Å². The summed E-state index contributed by atoms with van der Waals surface area (Å²) in [6, 6.07) is 0. The van der Waals surface area contributed by atoms with E-state index in [4.69, 9.17) is 0 Å². The lowest BCUT2D eigenvalue weighted by molar-refractivity contribution is 0.851. The molecular formula is C9H10BrN3O. The average molecular weight is 256 g/mol. The number of H-pyrrole nitrogens is 1. The third-order valence-corrected chi connectivity index (χ3v) is 2.92. The van der Waals surface area contributed by atoms with Gasteiger partial charge in [-0.15, -0.1) is 0 Å². The van der Waals surface area contributed by atoms with E-state index >= 15 is 0 Å². The first-order valence-corrected chi connectivity index (χ1v) is 5.19. The number of aromatic amines is 1. The van der Waals surface area contributed by atoms with E-state index in [0.29, 0.717) is 12.1 Å². The summed E-state index contributed by atoms with van der Waals surface area (Å²) in [7, 11) is 0. The topological polar surface area (TPSA) is 50.2 Å². The van der Waals surface area contributed by atoms with Crippen molar-refractivity contribution >= 4 is 21.6 Å². The van der Waals surface area contributed by atoms with Gasteiger partial charge in [-0.05, 0) is 29.3 Å². The Bertz CT molecular complexity index is 541. The minimum atomic E-state index is -0.0290. The molecule has 0 saturated carbocycles. The van der Waals surface area contributed by atoms with Gasteiger partial charge in [0.05, 0.1) is 10.7 Å². The Morgan fingerprint density at radius 3 is 3.00 bits per heavy atom. The number of hydrogen-bond donors (Lipinski definition) is 1. The molecule has 14 heavy (non-hydrogen) atoms. The largest absolute Gasteiger partial charge is 0.306 e. The van der Waals surface area contributed by atoms with Crippen LogP contribution in [0.5, 0.6) is 0 Å². The molecule has 0 amide bonds. The normalized spacial score (nSPS) is 11.1. The van der Waals surface area contributed by atoms with E-state index in [1.165, 1.54) is 0 Å². The summed E-state index contributed by atoms with van der Waals surface area (Å²) in [5.41, 5.74) is 2.37. The van der Waals surface area contributed by atoms with E-state index in [1.54, 1.807) is 10.7 Å². The van der Waals surface area contributed by atoms with E-state index in [0.717, 1.165) is 15.7 Å². The van der Waals surface area contributed by atoms with Crippen LogP contribution in [0.1, 0.15) is 18.2 Å². The monoisotopic (exact) mass is 255 g/mol. The maximum atomic E-state index is 11.6. The second kappa shape index (κ2) is 3.24. The number of hydrogen-bond acceptors (Lipinski definition) is 2. The van der Waals surface area contributed by atoms with E-state index in [-0.39, 0.29) is 5.56 Å². The molecule has 0 bridgehead atoms. The molecule has 0 spiro atoms. The van der Waals surface area contributed by atoms with Gasteiger partial charge in [0, 0.05) is 11.3 Å². The van der Waals surface area contributed by atoms with Crippen LogP contribution in [0.4, 0.5) is 0 Å². The summed E-state index contributed by atoms with van der Waals surface area (Å²) < 4.78 is 2.55. The molecule has 2 rings (SSSR count). The standard InChI is InChI=1S/C9H10BrN3O/c1-3-6-5(2)13-8(12-9(6)14)7(10)4-11-13/h4H,3H2,1-2H3,(H,12,14). The van der Waals surface area contributed by atoms with E-state index < -0.39 is 0 Å². The molecule has 2 aromatic heterocycles. The Hall–Kier alpha value is -1.10. The Morgan fingerprint density at radius 1 is 1.64 bits per heavy atom. The molecule has 1 N–H and O–H groups in total. The molecule has 0 fully saturated rings. The number of nitrogens with one attached hydrogen (secondary N) is 1. The molecule has 4 nitrogen and oxygen atoms in total. The molecule has 2 heterocycles. The van der Waals surface area contributed by atoms with Crippen LogP contribution in [0.3, 0.4) is 0 Å². The summed E-state index contributed by atoms with van der Waals surface area (Å²) in [6.45, 7) is 3.86. The van der Waals surface area contributed by atoms with Crippen molar-refractivity contribution in [2.75, 3.05) is 0 Å². The highest BCUT2D eigenvalue weighted by Crippen LogP contribution is 2.16. The number of aryl methyl sites for hydroxylation is 1. The third kappa shape index (κ3) is 1.19. The van der Waals surface area contributed by atoms with Crippen molar-refractivity contribution in [3.8, 4) is 0 Å². The molecule has 0 unspecified atom stereocenters. The number of aromatic nitrogens is 3. The van der Waals surface area contributed by atoms with Gasteiger partial charge in [0.1, 0.15) is 0 Å². The van der Waals surface area contributed by atoms with Gasteiger partial charge in [-0.1, -0.05) is 6.92 Å². The van der Waals surface area contributed by atoms with Gasteiger partial charge in [0.15, 0.2) is 5.65 Å². The van der Waals surface area contributed by atoms with Gasteiger partial charge in [0.2, 0.25) is 0 Å². The molecule has 0 aliphatic heterocycles. The zero-order valence-corrected chi connectivity index (χ0v) is 9.55. The van der Waals surface area contributed by atoms with E-state index in [9.17, 15) is 4.79 Å². The smallest absolute Gasteiger partial charge is 0.254 e. The Morgan fingerprint density at radius 2 is 2.36 bits per heavy atom. The number of nitrogens with zero attached hydrogens (tertiary/aromatic N) is 2. The van der Waals surface area contributed by atoms with Crippen molar-refractivity contribution < 1.29 is 0 Å². The van der Waals surface area contributed by atoms with E-state index in [1.807, 2.05) is 13.8 Å². The first-order chi connectivity index (χ1) is 6.65. The van der Waals surface area contributed by atoms with Crippen LogP contribution >= 0.6 is 15.9 Å². The van der Waals surface area contributed by atoms with Crippen LogP contribution in [0, 0.1) is 6.92 Å². The summed E-state index contributed by atoms with van der Waals surface area (Å²) in [6.07, 6.45) is 2.40. The third-order valence-electron chi connectivity index (χ3n) is 2.34. The summed E-state index contributed by atoms with van der Waals surface area (Å²) in [5, 5.41) is 4.17. The van der Waals surface area contributed by atoms with Gasteiger partial charge in [-0.3, -0.25) is 4.79 Å². The van der Waals surface area contributed by atoms with Crippen molar-refractivity contribution in [3.63, 3.8) is 0 Å². The Kier molecular flexibility index (Phi) is 2.19. The average Bonchev–Trinajstić information content (AvgIpc) is 2.49.